The van der Waals surface area contributed by atoms with Crippen molar-refractivity contribution in [2.45, 2.75) is 57.5 Å². The number of urea groups is 1. The van der Waals surface area contributed by atoms with Crippen LogP contribution in [-0.4, -0.2) is 68.1 Å². The highest BCUT2D eigenvalue weighted by atomic mass is 16.5. The molecule has 8 nitrogen and oxygen atoms in total. The van der Waals surface area contributed by atoms with Crippen LogP contribution in [0, 0.1) is 5.92 Å². The summed E-state index contributed by atoms with van der Waals surface area (Å²) in [6.07, 6.45) is 7.99. The second-order valence-electron chi connectivity index (χ2n) is 11.1. The van der Waals surface area contributed by atoms with E-state index in [4.69, 9.17) is 9.73 Å². The fourth-order valence-corrected chi connectivity index (χ4v) is 6.49. The average molecular weight is 530 g/mol. The van der Waals surface area contributed by atoms with Gasteiger partial charge in [-0.05, 0) is 61.4 Å². The molecule has 4 aliphatic rings. The summed E-state index contributed by atoms with van der Waals surface area (Å²) in [6, 6.07) is 13.8. The van der Waals surface area contributed by atoms with Crippen LogP contribution in [0.5, 0.6) is 0 Å². The third kappa shape index (κ3) is 5.87. The number of nitrogens with zero attached hydrogens (tertiary/aromatic N) is 3. The third-order valence-electron chi connectivity index (χ3n) is 8.60. The smallest absolute Gasteiger partial charge is 0.321 e. The zero-order chi connectivity index (χ0) is 26.6. The number of ether oxygens (including phenoxy) is 1. The van der Waals surface area contributed by atoms with Crippen LogP contribution < -0.4 is 15.5 Å². The fourth-order valence-electron chi connectivity index (χ4n) is 6.49. The maximum absolute atomic E-state index is 14.1. The summed E-state index contributed by atoms with van der Waals surface area (Å²) in [5.74, 6) is 0.0987. The quantitative estimate of drug-likeness (QED) is 0.582. The Kier molecular flexibility index (Phi) is 7.93. The van der Waals surface area contributed by atoms with Gasteiger partial charge in [-0.2, -0.15) is 0 Å². The Balaban J connectivity index is 1.27. The van der Waals surface area contributed by atoms with Crippen molar-refractivity contribution < 1.29 is 14.3 Å². The number of para-hydroxylation sites is 1. The zero-order valence-corrected chi connectivity index (χ0v) is 22.7. The van der Waals surface area contributed by atoms with Crippen molar-refractivity contribution in [2.24, 2.45) is 10.9 Å². The topological polar surface area (TPSA) is 86.3 Å². The van der Waals surface area contributed by atoms with Crippen LogP contribution in [0.4, 0.5) is 16.2 Å². The lowest BCUT2D eigenvalue weighted by molar-refractivity contribution is -0.120. The Morgan fingerprint density at radius 1 is 0.949 bits per heavy atom. The first-order valence-electron chi connectivity index (χ1n) is 14.6. The molecular formula is C31H39N5O3. The van der Waals surface area contributed by atoms with E-state index in [0.29, 0.717) is 19.8 Å². The van der Waals surface area contributed by atoms with Gasteiger partial charge >= 0.3 is 6.03 Å². The van der Waals surface area contributed by atoms with Crippen molar-refractivity contribution >= 4 is 29.0 Å². The maximum Gasteiger partial charge on any atom is 0.321 e. The van der Waals surface area contributed by atoms with Gasteiger partial charge in [-0.25, -0.2) is 4.79 Å². The number of fused-ring (bicyclic) bond motifs is 2. The van der Waals surface area contributed by atoms with E-state index < -0.39 is 12.2 Å². The molecule has 2 fully saturated rings. The molecular weight excluding hydrogens is 490 g/mol. The SMILES string of the molecule is O=C(Nc1ccc2c(c1)CCC2)NC1N=C(C2CCCCC2)c2ccccc2N(CCN2CCOCC2)C1=O. The number of hydrogen-bond donors (Lipinski definition) is 2. The van der Waals surface area contributed by atoms with E-state index in [-0.39, 0.29) is 11.8 Å². The van der Waals surface area contributed by atoms with Gasteiger partial charge in [0.2, 0.25) is 6.17 Å². The van der Waals surface area contributed by atoms with Gasteiger partial charge in [0, 0.05) is 43.3 Å². The molecule has 2 heterocycles. The molecule has 0 spiro atoms. The Labute approximate surface area is 230 Å². The van der Waals surface area contributed by atoms with Crippen molar-refractivity contribution in [2.75, 3.05) is 49.6 Å². The van der Waals surface area contributed by atoms with Crippen LogP contribution in [0.15, 0.2) is 47.5 Å². The van der Waals surface area contributed by atoms with E-state index in [1.165, 1.54) is 17.5 Å². The van der Waals surface area contributed by atoms with E-state index in [1.807, 2.05) is 29.2 Å². The molecule has 3 amide bonds. The van der Waals surface area contributed by atoms with Crippen molar-refractivity contribution in [1.29, 1.82) is 0 Å². The molecule has 2 aliphatic carbocycles. The summed E-state index contributed by atoms with van der Waals surface area (Å²) in [4.78, 5) is 36.5. The lowest BCUT2D eigenvalue weighted by Crippen LogP contribution is -2.51. The third-order valence-corrected chi connectivity index (χ3v) is 8.60. The summed E-state index contributed by atoms with van der Waals surface area (Å²) < 4.78 is 5.51. The van der Waals surface area contributed by atoms with Crippen molar-refractivity contribution in [3.05, 3.63) is 59.2 Å². The lowest BCUT2D eigenvalue weighted by Gasteiger charge is -2.31. The molecule has 206 valence electrons. The summed E-state index contributed by atoms with van der Waals surface area (Å²) in [5, 5.41) is 5.90. The molecule has 0 aromatic heterocycles. The molecule has 8 heteroatoms. The van der Waals surface area contributed by atoms with Gasteiger partial charge in [-0.15, -0.1) is 0 Å². The van der Waals surface area contributed by atoms with Gasteiger partial charge in [-0.1, -0.05) is 43.5 Å². The second kappa shape index (κ2) is 11.9. The van der Waals surface area contributed by atoms with Crippen LogP contribution in [0.2, 0.25) is 0 Å². The number of carbonyl (C=O) groups excluding carboxylic acids is 2. The number of amides is 3. The number of nitrogens with one attached hydrogen (secondary N) is 2. The molecule has 2 aliphatic heterocycles. The Morgan fingerprint density at radius 3 is 2.59 bits per heavy atom. The monoisotopic (exact) mass is 529 g/mol. The Morgan fingerprint density at radius 2 is 1.74 bits per heavy atom. The van der Waals surface area contributed by atoms with Gasteiger partial charge in [0.1, 0.15) is 0 Å². The van der Waals surface area contributed by atoms with E-state index >= 15 is 0 Å². The number of benzene rings is 2. The van der Waals surface area contributed by atoms with Gasteiger partial charge in [0.05, 0.1) is 24.6 Å². The van der Waals surface area contributed by atoms with E-state index in [1.54, 1.807) is 0 Å². The second-order valence-corrected chi connectivity index (χ2v) is 11.1. The molecule has 1 unspecified atom stereocenters. The zero-order valence-electron chi connectivity index (χ0n) is 22.7. The number of benzodiazepines with no additional fused rings is 1. The first-order valence-corrected chi connectivity index (χ1v) is 14.6. The van der Waals surface area contributed by atoms with Gasteiger partial charge in [0.25, 0.3) is 5.91 Å². The maximum atomic E-state index is 14.1. The summed E-state index contributed by atoms with van der Waals surface area (Å²) in [5.41, 5.74) is 6.26. The van der Waals surface area contributed by atoms with E-state index in [0.717, 1.165) is 87.2 Å². The molecule has 39 heavy (non-hydrogen) atoms. The minimum absolute atomic E-state index is 0.189. The molecule has 2 N–H and O–H groups in total. The van der Waals surface area contributed by atoms with Crippen LogP contribution >= 0.6 is 0 Å². The first-order chi connectivity index (χ1) is 19.2. The number of aryl methyl sites for hydroxylation is 2. The molecule has 2 aromatic rings. The minimum atomic E-state index is -0.978. The average Bonchev–Trinajstić information content (AvgIpc) is 3.40. The molecule has 1 atom stereocenters. The van der Waals surface area contributed by atoms with Crippen molar-refractivity contribution in [3.8, 4) is 0 Å². The molecule has 1 saturated carbocycles. The van der Waals surface area contributed by atoms with Gasteiger partial charge < -0.3 is 20.3 Å². The van der Waals surface area contributed by atoms with E-state index in [2.05, 4.69) is 33.7 Å². The molecule has 1 saturated heterocycles. The largest absolute Gasteiger partial charge is 0.379 e. The van der Waals surface area contributed by atoms with Gasteiger partial charge in [-0.3, -0.25) is 14.7 Å². The highest BCUT2D eigenvalue weighted by molar-refractivity contribution is 6.14. The highest BCUT2D eigenvalue weighted by Crippen LogP contribution is 2.34. The predicted molar refractivity (Wildman–Crippen MR) is 154 cm³/mol. The number of hydrogen-bond acceptors (Lipinski definition) is 5. The summed E-state index contributed by atoms with van der Waals surface area (Å²) in [7, 11) is 0. The highest BCUT2D eigenvalue weighted by Gasteiger charge is 2.35. The number of aliphatic imine (C=N–C) groups is 1. The minimum Gasteiger partial charge on any atom is -0.379 e. The standard InChI is InChI=1S/C31H39N5O3/c37-30-29(34-31(38)32-25-14-13-22-9-6-10-24(22)21-25)33-28(23-7-2-1-3-8-23)26-11-4-5-12-27(26)36(30)16-15-35-17-19-39-20-18-35/h4-5,11-14,21,23,29H,1-3,6-10,15-20H2,(H2,32,34,38). The van der Waals surface area contributed by atoms with Crippen LogP contribution in [0.3, 0.4) is 0 Å². The predicted octanol–water partition coefficient (Wildman–Crippen LogP) is 4.37. The fraction of sp³-hybridized carbons (Fsp3) is 0.516. The summed E-state index contributed by atoms with van der Waals surface area (Å²) >= 11 is 0. The summed E-state index contributed by atoms with van der Waals surface area (Å²) in [6.45, 7) is 4.43. The van der Waals surface area contributed by atoms with Crippen LogP contribution in [-0.2, 0) is 22.4 Å². The Hall–Kier alpha value is -3.23. The lowest BCUT2D eigenvalue weighted by atomic mass is 9.83. The molecule has 2 aromatic carbocycles. The van der Waals surface area contributed by atoms with Crippen molar-refractivity contribution in [1.82, 2.24) is 10.2 Å². The van der Waals surface area contributed by atoms with E-state index in [9.17, 15) is 9.59 Å². The number of anilines is 2. The molecule has 6 rings (SSSR count). The number of carbonyl (C=O) groups is 2. The number of rotatable bonds is 6. The molecule has 0 radical (unpaired) electrons. The van der Waals surface area contributed by atoms with Crippen LogP contribution in [0.1, 0.15) is 55.2 Å². The normalized spacial score (nSPS) is 22.1. The number of morpholine rings is 1. The van der Waals surface area contributed by atoms with Gasteiger partial charge in [0.15, 0.2) is 0 Å². The van der Waals surface area contributed by atoms with Crippen molar-refractivity contribution in [3.63, 3.8) is 0 Å². The molecule has 0 bridgehead atoms. The Bertz CT molecular complexity index is 1230. The van der Waals surface area contributed by atoms with Crippen LogP contribution in [0.25, 0.3) is 0 Å². The first kappa shape index (κ1) is 26.0.